The highest BCUT2D eigenvalue weighted by Crippen LogP contribution is 2.39. The van der Waals surface area contributed by atoms with Crippen LogP contribution in [0.4, 0.5) is 5.82 Å². The Morgan fingerprint density at radius 3 is 2.37 bits per heavy atom. The van der Waals surface area contributed by atoms with E-state index in [-0.39, 0.29) is 16.1 Å². The van der Waals surface area contributed by atoms with E-state index < -0.39 is 15.7 Å². The molecule has 0 atom stereocenters. The first-order valence-corrected chi connectivity index (χ1v) is 12.9. The second-order valence-corrected chi connectivity index (χ2v) is 12.8. The zero-order chi connectivity index (χ0) is 22.3. The van der Waals surface area contributed by atoms with Gasteiger partial charge in [-0.2, -0.15) is 4.98 Å². The van der Waals surface area contributed by atoms with Crippen LogP contribution < -0.4 is 10.4 Å². The quantitative estimate of drug-likeness (QED) is 0.519. The minimum absolute atomic E-state index is 0.0817. The Balaban J connectivity index is 2.05. The largest absolute Gasteiger partial charge is 0.354 e. The van der Waals surface area contributed by atoms with Crippen molar-refractivity contribution in [2.45, 2.75) is 57.1 Å². The summed E-state index contributed by atoms with van der Waals surface area (Å²) in [5.41, 5.74) is 1.98. The number of sulfonamides is 1. The summed E-state index contributed by atoms with van der Waals surface area (Å²) in [4.78, 5) is 17.8. The number of aryl methyl sites for hydroxylation is 2. The normalized spacial score (nSPS) is 12.5. The number of hydrogen-bond acceptors (Lipinski definition) is 6. The van der Waals surface area contributed by atoms with Crippen LogP contribution in [-0.4, -0.2) is 23.7 Å². The zero-order valence-corrected chi connectivity index (χ0v) is 20.5. The van der Waals surface area contributed by atoms with Crippen molar-refractivity contribution in [2.24, 2.45) is 5.41 Å². The summed E-state index contributed by atoms with van der Waals surface area (Å²) in [7, 11) is -3.86. The van der Waals surface area contributed by atoms with Crippen LogP contribution in [0.1, 0.15) is 43.3 Å². The van der Waals surface area contributed by atoms with Crippen molar-refractivity contribution < 1.29 is 8.42 Å². The summed E-state index contributed by atoms with van der Waals surface area (Å²) in [6.45, 7) is 12.3. The highest BCUT2D eigenvalue weighted by molar-refractivity contribution is 8.01. The average molecular weight is 466 g/mol. The molecule has 0 aromatic heterocycles. The first-order valence-electron chi connectivity index (χ1n) is 9.64. The van der Waals surface area contributed by atoms with E-state index in [1.54, 1.807) is 47.4 Å². The molecule has 0 radical (unpaired) electrons. The number of anilines is 1. The third kappa shape index (κ3) is 4.90. The van der Waals surface area contributed by atoms with Crippen molar-refractivity contribution in [1.82, 2.24) is 9.55 Å². The van der Waals surface area contributed by atoms with Gasteiger partial charge in [-0.1, -0.05) is 38.5 Å². The van der Waals surface area contributed by atoms with Gasteiger partial charge in [0.1, 0.15) is 5.69 Å². The van der Waals surface area contributed by atoms with Crippen LogP contribution in [0.2, 0.25) is 0 Å². The molecular formula is C21H27N3O3S3. The van der Waals surface area contributed by atoms with Crippen LogP contribution in [-0.2, 0) is 10.0 Å². The van der Waals surface area contributed by atoms with E-state index in [1.165, 1.54) is 4.57 Å². The molecule has 2 aliphatic rings. The van der Waals surface area contributed by atoms with Crippen LogP contribution in [0, 0.1) is 26.2 Å². The fourth-order valence-electron chi connectivity index (χ4n) is 2.84. The van der Waals surface area contributed by atoms with Gasteiger partial charge in [-0.3, -0.25) is 9.29 Å². The van der Waals surface area contributed by atoms with Crippen molar-refractivity contribution >= 4 is 38.9 Å². The first kappa shape index (κ1) is 22.8. The zero-order valence-electron chi connectivity index (χ0n) is 18.1. The Morgan fingerprint density at radius 1 is 1.13 bits per heavy atom. The molecule has 1 aromatic carbocycles. The van der Waals surface area contributed by atoms with Crippen molar-refractivity contribution in [1.29, 1.82) is 0 Å². The van der Waals surface area contributed by atoms with Crippen LogP contribution in [0.3, 0.4) is 0 Å². The average Bonchev–Trinajstić information content (AvgIpc) is 2.94. The van der Waals surface area contributed by atoms with Gasteiger partial charge in [-0.15, -0.1) is 23.1 Å². The summed E-state index contributed by atoms with van der Waals surface area (Å²) >= 11 is 3.20. The minimum atomic E-state index is -3.86. The van der Waals surface area contributed by atoms with Crippen LogP contribution >= 0.6 is 23.1 Å². The molecule has 30 heavy (non-hydrogen) atoms. The molecule has 0 fully saturated rings. The smallest absolute Gasteiger partial charge is 0.261 e. The highest BCUT2D eigenvalue weighted by atomic mass is 32.2. The van der Waals surface area contributed by atoms with Gasteiger partial charge in [0.2, 0.25) is 0 Å². The molecule has 1 aromatic rings. The highest BCUT2D eigenvalue weighted by Gasteiger charge is 2.27. The van der Waals surface area contributed by atoms with Gasteiger partial charge >= 0.3 is 5.69 Å². The fourth-order valence-corrected chi connectivity index (χ4v) is 6.74. The monoisotopic (exact) mass is 465 g/mol. The second kappa shape index (κ2) is 8.36. The van der Waals surface area contributed by atoms with Gasteiger partial charge in [0.05, 0.1) is 9.10 Å². The standard InChI is InChI=1S/C21H27N3O3S3/c1-13-7-9-16(10-8-13)30(26,27)23-18-17-19(28-12-11-21(4,5)6)29-15(3)14(2)24(17)20(25)22-18/h7-10H,11-12H2,1-6H3,(H,22,23,25). The Hall–Kier alpha value is -1.84. The lowest BCUT2D eigenvalue weighted by atomic mass is 9.94. The number of rotatable bonds is 6. The molecule has 6 nitrogen and oxygen atoms in total. The van der Waals surface area contributed by atoms with E-state index in [0.29, 0.717) is 5.69 Å². The minimum Gasteiger partial charge on any atom is -0.261 e. The van der Waals surface area contributed by atoms with Crippen LogP contribution in [0.15, 0.2) is 38.2 Å². The number of nitrogens with zero attached hydrogens (tertiary/aromatic N) is 2. The van der Waals surface area contributed by atoms with E-state index in [0.717, 1.165) is 32.5 Å². The van der Waals surface area contributed by atoms with Crippen molar-refractivity contribution in [3.05, 3.63) is 50.9 Å². The molecule has 0 unspecified atom stereocenters. The molecule has 0 amide bonds. The maximum atomic E-state index is 12.9. The predicted octanol–water partition coefficient (Wildman–Crippen LogP) is 4.99. The van der Waals surface area contributed by atoms with Gasteiger partial charge in [0.25, 0.3) is 10.0 Å². The van der Waals surface area contributed by atoms with Crippen molar-refractivity contribution in [2.75, 3.05) is 10.5 Å². The number of hydrogen-bond donors (Lipinski definition) is 1. The van der Waals surface area contributed by atoms with E-state index in [9.17, 15) is 13.2 Å². The molecule has 2 heterocycles. The van der Waals surface area contributed by atoms with Gasteiger partial charge in [0.15, 0.2) is 5.82 Å². The lowest BCUT2D eigenvalue weighted by Gasteiger charge is -2.19. The topological polar surface area (TPSA) is 81.1 Å². The molecule has 0 spiro atoms. The SMILES string of the molecule is Cc1ccc(S(=O)(=O)Nc2nc(=O)n3c(C)c(C)sc(SCCC(C)(C)C)c2-3)cc1. The third-order valence-electron chi connectivity index (χ3n) is 4.78. The van der Waals surface area contributed by atoms with Gasteiger partial charge in [-0.25, -0.2) is 13.2 Å². The summed E-state index contributed by atoms with van der Waals surface area (Å²) in [5.74, 6) is 0.944. The Morgan fingerprint density at radius 2 is 1.77 bits per heavy atom. The lowest BCUT2D eigenvalue weighted by Crippen LogP contribution is -2.17. The van der Waals surface area contributed by atoms with E-state index in [2.05, 4.69) is 30.5 Å². The van der Waals surface area contributed by atoms with Crippen LogP contribution in [0.25, 0.3) is 5.69 Å². The maximum absolute atomic E-state index is 12.9. The molecule has 0 saturated carbocycles. The molecule has 0 aliphatic carbocycles. The molecule has 2 aliphatic heterocycles. The van der Waals surface area contributed by atoms with Crippen LogP contribution in [0.5, 0.6) is 0 Å². The van der Waals surface area contributed by atoms with Gasteiger partial charge in [-0.05, 0) is 50.5 Å². The van der Waals surface area contributed by atoms with Gasteiger partial charge in [0, 0.05) is 10.6 Å². The molecule has 9 heteroatoms. The van der Waals surface area contributed by atoms with Crippen molar-refractivity contribution in [3.63, 3.8) is 0 Å². The van der Waals surface area contributed by atoms with E-state index >= 15 is 0 Å². The summed E-state index contributed by atoms with van der Waals surface area (Å²) < 4.78 is 30.8. The summed E-state index contributed by atoms with van der Waals surface area (Å²) in [5, 5.41) is 0. The number of thioether (sulfide) groups is 1. The second-order valence-electron chi connectivity index (χ2n) is 8.54. The number of benzene rings is 1. The molecule has 1 N–H and O–H groups in total. The third-order valence-corrected chi connectivity index (χ3v) is 8.58. The summed E-state index contributed by atoms with van der Waals surface area (Å²) in [6.07, 6.45) is 0.992. The van der Waals surface area contributed by atoms with E-state index in [1.807, 2.05) is 20.8 Å². The Kier molecular flexibility index (Phi) is 6.36. The maximum Gasteiger partial charge on any atom is 0.354 e. The Bertz CT molecular complexity index is 1190. The number of imidazole rings is 1. The number of aromatic nitrogens is 2. The molecule has 3 rings (SSSR count). The molecular weight excluding hydrogens is 438 g/mol. The predicted molar refractivity (Wildman–Crippen MR) is 125 cm³/mol. The number of fused-ring (bicyclic) bond motifs is 1. The molecule has 162 valence electrons. The number of nitrogens with one attached hydrogen (secondary N) is 1. The first-order chi connectivity index (χ1) is 13.9. The van der Waals surface area contributed by atoms with Crippen molar-refractivity contribution in [3.8, 4) is 5.69 Å². The molecule has 0 bridgehead atoms. The Labute approximate surface area is 186 Å². The molecule has 0 saturated heterocycles. The lowest BCUT2D eigenvalue weighted by molar-refractivity contribution is 0.401. The van der Waals surface area contributed by atoms with Gasteiger partial charge < -0.3 is 0 Å². The van der Waals surface area contributed by atoms with E-state index in [4.69, 9.17) is 0 Å². The summed E-state index contributed by atoms with van der Waals surface area (Å²) in [6, 6.07) is 6.57. The fraction of sp³-hybridized carbons (Fsp3) is 0.429.